The van der Waals surface area contributed by atoms with Crippen molar-refractivity contribution in [1.82, 2.24) is 0 Å². The molecule has 5 heteroatoms. The minimum atomic E-state index is -0.304. The van der Waals surface area contributed by atoms with Crippen LogP contribution in [-0.2, 0) is 9.53 Å². The molecule has 1 N–H and O–H groups in total. The van der Waals surface area contributed by atoms with Gasteiger partial charge in [0.2, 0.25) is 0 Å². The van der Waals surface area contributed by atoms with E-state index in [0.717, 1.165) is 5.56 Å². The maximum absolute atomic E-state index is 11.6. The topological polar surface area (TPSA) is 68.3 Å². The summed E-state index contributed by atoms with van der Waals surface area (Å²) in [4.78, 5) is 11.6. The van der Waals surface area contributed by atoms with Crippen molar-refractivity contribution in [3.05, 3.63) is 23.8 Å². The van der Waals surface area contributed by atoms with Gasteiger partial charge in [-0.05, 0) is 17.7 Å². The van der Waals surface area contributed by atoms with Crippen LogP contribution in [0, 0.1) is 5.92 Å². The third-order valence-electron chi connectivity index (χ3n) is 2.96. The van der Waals surface area contributed by atoms with Crippen molar-refractivity contribution in [3.8, 4) is 11.5 Å². The summed E-state index contributed by atoms with van der Waals surface area (Å²) in [6.45, 7) is 3.54. The van der Waals surface area contributed by atoms with Crippen molar-refractivity contribution in [1.29, 1.82) is 0 Å². The molecule has 1 aromatic carbocycles. The van der Waals surface area contributed by atoms with Crippen LogP contribution in [0.2, 0.25) is 0 Å². The Morgan fingerprint density at radius 2 is 2.16 bits per heavy atom. The molecule has 1 aliphatic heterocycles. The Bertz CT molecular complexity index is 469. The summed E-state index contributed by atoms with van der Waals surface area (Å²) < 4.78 is 15.8. The Morgan fingerprint density at radius 1 is 1.42 bits per heavy atom. The molecule has 1 aliphatic rings. The van der Waals surface area contributed by atoms with Gasteiger partial charge in [0.05, 0.1) is 19.6 Å². The second-order valence-corrected chi connectivity index (χ2v) is 4.76. The number of hydrogen-bond donors (Lipinski definition) is 1. The van der Waals surface area contributed by atoms with Gasteiger partial charge >= 0.3 is 5.97 Å². The lowest BCUT2D eigenvalue weighted by molar-refractivity contribution is -0.137. The van der Waals surface area contributed by atoms with Crippen LogP contribution in [0.5, 0.6) is 11.5 Å². The summed E-state index contributed by atoms with van der Waals surface area (Å²) >= 11 is 0. The van der Waals surface area contributed by atoms with Gasteiger partial charge < -0.3 is 19.3 Å². The molecular formula is C14H18O5. The number of aliphatic hydroxyl groups is 1. The predicted octanol–water partition coefficient (Wildman–Crippen LogP) is 1.69. The Hall–Kier alpha value is -1.59. The summed E-state index contributed by atoms with van der Waals surface area (Å²) in [6.07, 6.45) is -0.248. The second-order valence-electron chi connectivity index (χ2n) is 4.76. The molecule has 1 saturated heterocycles. The highest BCUT2D eigenvalue weighted by atomic mass is 16.6. The van der Waals surface area contributed by atoms with Crippen LogP contribution in [0.4, 0.5) is 0 Å². The van der Waals surface area contributed by atoms with E-state index in [0.29, 0.717) is 11.5 Å². The summed E-state index contributed by atoms with van der Waals surface area (Å²) in [5, 5.41) is 8.97. The molecule has 0 aromatic heterocycles. The molecule has 0 radical (unpaired) electrons. The van der Waals surface area contributed by atoms with Gasteiger partial charge in [-0.2, -0.15) is 0 Å². The van der Waals surface area contributed by atoms with E-state index in [2.05, 4.69) is 0 Å². The quantitative estimate of drug-likeness (QED) is 0.499. The minimum Gasteiger partial charge on any atom is -0.493 e. The molecule has 2 atom stereocenters. The van der Waals surface area contributed by atoms with Crippen LogP contribution in [-0.4, -0.2) is 30.9 Å². The lowest BCUT2D eigenvalue weighted by Crippen LogP contribution is -2.15. The van der Waals surface area contributed by atoms with E-state index in [1.807, 2.05) is 6.07 Å². The Labute approximate surface area is 112 Å². The fourth-order valence-corrected chi connectivity index (χ4v) is 1.75. The fraction of sp³-hybridized carbons (Fsp3) is 0.500. The van der Waals surface area contributed by atoms with Crippen LogP contribution in [0.15, 0.2) is 18.2 Å². The van der Waals surface area contributed by atoms with Crippen molar-refractivity contribution in [2.24, 2.45) is 5.92 Å². The average molecular weight is 266 g/mol. The molecule has 0 aliphatic carbocycles. The normalized spacial score (nSPS) is 21.3. The monoisotopic (exact) mass is 266 g/mol. The molecule has 0 saturated carbocycles. The molecule has 1 aromatic rings. The number of epoxide rings is 1. The maximum Gasteiger partial charge on any atom is 0.313 e. The van der Waals surface area contributed by atoms with Crippen LogP contribution < -0.4 is 9.47 Å². The van der Waals surface area contributed by atoms with Crippen molar-refractivity contribution in [2.75, 3.05) is 13.7 Å². The third kappa shape index (κ3) is 3.05. The molecule has 1 fully saturated rings. The Balaban J connectivity index is 2.15. The molecule has 2 rings (SSSR count). The van der Waals surface area contributed by atoms with Crippen molar-refractivity contribution in [3.63, 3.8) is 0 Å². The van der Waals surface area contributed by atoms with Gasteiger partial charge in [0.15, 0.2) is 11.5 Å². The number of ether oxygens (including phenoxy) is 3. The molecule has 19 heavy (non-hydrogen) atoms. The number of carbonyl (C=O) groups is 1. The van der Waals surface area contributed by atoms with Gasteiger partial charge in [-0.25, -0.2) is 0 Å². The van der Waals surface area contributed by atoms with Gasteiger partial charge in [-0.15, -0.1) is 0 Å². The first-order valence-corrected chi connectivity index (χ1v) is 6.22. The average Bonchev–Trinajstić information content (AvgIpc) is 3.18. The van der Waals surface area contributed by atoms with Crippen molar-refractivity contribution >= 4 is 5.97 Å². The van der Waals surface area contributed by atoms with E-state index in [1.165, 1.54) is 7.11 Å². The number of aliphatic hydroxyl groups excluding tert-OH is 1. The largest absolute Gasteiger partial charge is 0.493 e. The molecule has 2 unspecified atom stereocenters. The lowest BCUT2D eigenvalue weighted by atomic mass is 10.1. The molecule has 5 nitrogen and oxygen atoms in total. The number of carbonyl (C=O) groups excluding carboxylic acids is 1. The zero-order valence-corrected chi connectivity index (χ0v) is 11.3. The van der Waals surface area contributed by atoms with Gasteiger partial charge in [0, 0.05) is 0 Å². The van der Waals surface area contributed by atoms with E-state index in [1.54, 1.807) is 26.0 Å². The SMILES string of the molecule is COc1cc(C2OC2CO)ccc1OC(=O)C(C)C. The Kier molecular flexibility index (Phi) is 4.07. The van der Waals surface area contributed by atoms with E-state index in [4.69, 9.17) is 19.3 Å². The number of esters is 1. The molecule has 0 spiro atoms. The molecule has 0 bridgehead atoms. The molecule has 104 valence electrons. The van der Waals surface area contributed by atoms with Crippen molar-refractivity contribution < 1.29 is 24.1 Å². The zero-order valence-electron chi connectivity index (χ0n) is 11.3. The maximum atomic E-state index is 11.6. The van der Waals surface area contributed by atoms with Crippen LogP contribution in [0.1, 0.15) is 25.5 Å². The second kappa shape index (κ2) is 5.59. The first-order valence-electron chi connectivity index (χ1n) is 6.22. The van der Waals surface area contributed by atoms with E-state index < -0.39 is 0 Å². The third-order valence-corrected chi connectivity index (χ3v) is 2.96. The fourth-order valence-electron chi connectivity index (χ4n) is 1.75. The van der Waals surface area contributed by atoms with Gasteiger partial charge in [0.25, 0.3) is 0 Å². The van der Waals surface area contributed by atoms with Crippen LogP contribution >= 0.6 is 0 Å². The van der Waals surface area contributed by atoms with Gasteiger partial charge in [-0.3, -0.25) is 4.79 Å². The highest BCUT2D eigenvalue weighted by Crippen LogP contribution is 2.41. The number of rotatable bonds is 5. The summed E-state index contributed by atoms with van der Waals surface area (Å²) in [7, 11) is 1.52. The number of benzene rings is 1. The van der Waals surface area contributed by atoms with Gasteiger partial charge in [0.1, 0.15) is 12.2 Å². The number of hydrogen-bond acceptors (Lipinski definition) is 5. The summed E-state index contributed by atoms with van der Waals surface area (Å²) in [5.74, 6) is 0.377. The zero-order chi connectivity index (χ0) is 14.0. The van der Waals surface area contributed by atoms with Crippen molar-refractivity contribution in [2.45, 2.75) is 26.1 Å². The Morgan fingerprint density at radius 3 is 2.68 bits per heavy atom. The highest BCUT2D eigenvalue weighted by Gasteiger charge is 2.39. The predicted molar refractivity (Wildman–Crippen MR) is 68.2 cm³/mol. The van der Waals surface area contributed by atoms with Gasteiger partial charge in [-0.1, -0.05) is 19.9 Å². The summed E-state index contributed by atoms with van der Waals surface area (Å²) in [5.41, 5.74) is 0.903. The van der Waals surface area contributed by atoms with E-state index in [9.17, 15) is 4.79 Å². The van der Waals surface area contributed by atoms with E-state index >= 15 is 0 Å². The molecule has 0 amide bonds. The summed E-state index contributed by atoms with van der Waals surface area (Å²) in [6, 6.07) is 5.26. The highest BCUT2D eigenvalue weighted by molar-refractivity contribution is 5.75. The first-order chi connectivity index (χ1) is 9.06. The molecule has 1 heterocycles. The lowest BCUT2D eigenvalue weighted by Gasteiger charge is -2.11. The minimum absolute atomic E-state index is 0.00291. The van der Waals surface area contributed by atoms with Crippen LogP contribution in [0.25, 0.3) is 0 Å². The first kappa shape index (κ1) is 13.8. The molecular weight excluding hydrogens is 248 g/mol. The van der Waals surface area contributed by atoms with Crippen LogP contribution in [0.3, 0.4) is 0 Å². The standard InChI is InChI=1S/C14H18O5/c1-8(2)14(16)19-10-5-4-9(6-11(10)17-3)13-12(7-15)18-13/h4-6,8,12-13,15H,7H2,1-3H3. The van der Waals surface area contributed by atoms with E-state index in [-0.39, 0.29) is 30.7 Å². The smallest absolute Gasteiger partial charge is 0.313 e. The number of methoxy groups -OCH3 is 1.